The molecule has 222 valence electrons. The molecule has 1 aliphatic heterocycles. The summed E-state index contributed by atoms with van der Waals surface area (Å²) in [6.07, 6.45) is 19.3. The predicted molar refractivity (Wildman–Crippen MR) is 168 cm³/mol. The molecular weight excluding hydrogens is 562 g/mol. The number of carbonyl (C=O) groups is 1. The maximum Gasteiger partial charge on any atom is 0.320 e. The second kappa shape index (κ2) is 16.4. The van der Waals surface area contributed by atoms with Gasteiger partial charge in [0.05, 0.1) is 25.4 Å². The lowest BCUT2D eigenvalue weighted by Crippen LogP contribution is -2.44. The van der Waals surface area contributed by atoms with Gasteiger partial charge in [-0.25, -0.2) is 0 Å². The van der Waals surface area contributed by atoms with Crippen LogP contribution in [-0.4, -0.2) is 47.3 Å². The third kappa shape index (κ3) is 8.65. The molecule has 2 aromatic rings. The minimum absolute atomic E-state index is 0. The zero-order valence-electron chi connectivity index (χ0n) is 23.7. The monoisotopic (exact) mass is 607 g/mol. The largest absolute Gasteiger partial charge is 0.480 e. The predicted octanol–water partition coefficient (Wildman–Crippen LogP) is 8.69. The smallest absolute Gasteiger partial charge is 0.320 e. The maximum absolute atomic E-state index is 11.8. The Morgan fingerprint density at radius 3 is 1.88 bits per heavy atom. The van der Waals surface area contributed by atoms with Crippen LogP contribution >= 0.6 is 35.1 Å². The van der Waals surface area contributed by atoms with Crippen LogP contribution in [0.2, 0.25) is 0 Å². The second-order valence-electron chi connectivity index (χ2n) is 11.5. The molecule has 1 saturated heterocycles. The van der Waals surface area contributed by atoms with Crippen molar-refractivity contribution < 1.29 is 19.4 Å². The number of piperidine rings is 1. The Kier molecular flexibility index (Phi) is 13.0. The second-order valence-corrected chi connectivity index (χ2v) is 13.3. The lowest BCUT2D eigenvalue weighted by molar-refractivity contribution is -0.144. The highest BCUT2D eigenvalue weighted by Gasteiger charge is 2.28. The molecular formula is C32H46ClNO4S2. The van der Waals surface area contributed by atoms with Gasteiger partial charge in [0.2, 0.25) is 0 Å². The molecule has 2 aromatic heterocycles. The number of nitrogens with zero attached hydrogens (tertiary/aromatic N) is 1. The van der Waals surface area contributed by atoms with Crippen LogP contribution < -0.4 is 0 Å². The van der Waals surface area contributed by atoms with Gasteiger partial charge in [-0.05, 0) is 85.5 Å². The van der Waals surface area contributed by atoms with Gasteiger partial charge < -0.3 is 14.6 Å². The number of ether oxygens (including phenoxy) is 2. The molecule has 0 bridgehead atoms. The van der Waals surface area contributed by atoms with E-state index in [0.717, 1.165) is 38.8 Å². The molecule has 5 nitrogen and oxygen atoms in total. The van der Waals surface area contributed by atoms with Gasteiger partial charge in [-0.3, -0.25) is 9.69 Å². The van der Waals surface area contributed by atoms with E-state index < -0.39 is 5.97 Å². The quantitative estimate of drug-likeness (QED) is 0.261. The number of rotatable bonds is 12. The average Bonchev–Trinajstić information content (AvgIpc) is 3.64. The number of aliphatic carboxylic acids is 1. The van der Waals surface area contributed by atoms with Crippen molar-refractivity contribution in [2.24, 2.45) is 0 Å². The standard InChI is InChI=1S/C32H45NO4S2.ClH/c34-32(35)29-15-7-8-18-33(29)19-9-14-28(30-24(16-20-38-30)22-36-26-10-3-1-4-11-26)31-25(17-21-39-31)23-37-27-12-5-2-6-13-27;/h14,16-17,20-21,26-27,29H,1-13,15,18-19,22-23H2,(H,34,35);1H. The van der Waals surface area contributed by atoms with E-state index in [9.17, 15) is 9.90 Å². The molecule has 5 rings (SSSR count). The summed E-state index contributed by atoms with van der Waals surface area (Å²) in [5.41, 5.74) is 3.81. The van der Waals surface area contributed by atoms with Crippen LogP contribution in [0.25, 0.3) is 5.57 Å². The molecule has 3 heterocycles. The molecule has 2 saturated carbocycles. The molecule has 0 radical (unpaired) electrons. The SMILES string of the molecule is Cl.O=C(O)C1CCCCN1CCC=C(c1sccc1COC1CCCCC1)c1sccc1COC1CCCCC1. The van der Waals surface area contributed by atoms with Crippen LogP contribution in [0.4, 0.5) is 0 Å². The normalized spacial score (nSPS) is 21.1. The zero-order valence-corrected chi connectivity index (χ0v) is 26.1. The summed E-state index contributed by atoms with van der Waals surface area (Å²) in [6, 6.07) is 4.11. The van der Waals surface area contributed by atoms with Gasteiger partial charge in [-0.2, -0.15) is 0 Å². The number of carboxylic acids is 1. The summed E-state index contributed by atoms with van der Waals surface area (Å²) in [7, 11) is 0. The summed E-state index contributed by atoms with van der Waals surface area (Å²) in [5.74, 6) is -0.681. The molecule has 0 spiro atoms. The molecule has 1 atom stereocenters. The number of hydrogen-bond donors (Lipinski definition) is 1. The fraction of sp³-hybridized carbons (Fsp3) is 0.656. The van der Waals surface area contributed by atoms with Crippen molar-refractivity contribution in [3.63, 3.8) is 0 Å². The lowest BCUT2D eigenvalue weighted by Gasteiger charge is -2.32. The first-order valence-corrected chi connectivity index (χ1v) is 17.0. The van der Waals surface area contributed by atoms with Crippen LogP contribution in [0.5, 0.6) is 0 Å². The van der Waals surface area contributed by atoms with Crippen molar-refractivity contribution in [2.45, 2.75) is 121 Å². The van der Waals surface area contributed by atoms with E-state index in [1.165, 1.54) is 90.7 Å². The van der Waals surface area contributed by atoms with E-state index in [0.29, 0.717) is 25.4 Å². The van der Waals surface area contributed by atoms with Crippen molar-refractivity contribution in [2.75, 3.05) is 13.1 Å². The molecule has 40 heavy (non-hydrogen) atoms. The molecule has 1 N–H and O–H groups in total. The molecule has 3 aliphatic rings. The van der Waals surface area contributed by atoms with Crippen LogP contribution in [0, 0.1) is 0 Å². The highest BCUT2D eigenvalue weighted by molar-refractivity contribution is 7.14. The summed E-state index contributed by atoms with van der Waals surface area (Å²) in [4.78, 5) is 16.6. The van der Waals surface area contributed by atoms with E-state index >= 15 is 0 Å². The number of halogens is 1. The average molecular weight is 608 g/mol. The van der Waals surface area contributed by atoms with Crippen molar-refractivity contribution >= 4 is 46.6 Å². The van der Waals surface area contributed by atoms with E-state index in [4.69, 9.17) is 9.47 Å². The Morgan fingerprint density at radius 2 is 1.35 bits per heavy atom. The van der Waals surface area contributed by atoms with Crippen molar-refractivity contribution in [1.82, 2.24) is 4.90 Å². The van der Waals surface area contributed by atoms with E-state index in [-0.39, 0.29) is 18.4 Å². The number of carboxylic acid groups (broad SMARTS) is 1. The molecule has 0 amide bonds. The maximum atomic E-state index is 11.8. The van der Waals surface area contributed by atoms with Crippen molar-refractivity contribution in [3.8, 4) is 0 Å². The molecule has 0 aromatic carbocycles. The minimum atomic E-state index is -0.681. The molecule has 3 fully saturated rings. The molecule has 8 heteroatoms. The summed E-state index contributed by atoms with van der Waals surface area (Å²) in [6.45, 7) is 2.97. The van der Waals surface area contributed by atoms with E-state index in [1.807, 2.05) is 0 Å². The lowest BCUT2D eigenvalue weighted by atomic mass is 9.97. The first-order valence-electron chi connectivity index (χ1n) is 15.2. The first-order chi connectivity index (χ1) is 19.2. The van der Waals surface area contributed by atoms with Crippen LogP contribution in [0.3, 0.4) is 0 Å². The van der Waals surface area contributed by atoms with Gasteiger partial charge in [0.1, 0.15) is 6.04 Å². The first kappa shape index (κ1) is 31.7. The van der Waals surface area contributed by atoms with Crippen LogP contribution in [0.15, 0.2) is 29.0 Å². The van der Waals surface area contributed by atoms with Gasteiger partial charge in [0.15, 0.2) is 0 Å². The molecule has 2 aliphatic carbocycles. The topological polar surface area (TPSA) is 59.0 Å². The van der Waals surface area contributed by atoms with Gasteiger partial charge in [0, 0.05) is 21.9 Å². The summed E-state index contributed by atoms with van der Waals surface area (Å²) in [5, 5.41) is 14.1. The highest BCUT2D eigenvalue weighted by atomic mass is 35.5. The Balaban J connectivity index is 0.00000370. The third-order valence-electron chi connectivity index (χ3n) is 8.70. The fourth-order valence-corrected chi connectivity index (χ4v) is 8.43. The van der Waals surface area contributed by atoms with Crippen molar-refractivity contribution in [3.05, 3.63) is 49.9 Å². The summed E-state index contributed by atoms with van der Waals surface area (Å²) >= 11 is 3.60. The van der Waals surface area contributed by atoms with Gasteiger partial charge in [0.25, 0.3) is 0 Å². The van der Waals surface area contributed by atoms with Crippen LogP contribution in [0.1, 0.15) is 111 Å². The zero-order chi connectivity index (χ0) is 26.9. The minimum Gasteiger partial charge on any atom is -0.480 e. The number of hydrogen-bond acceptors (Lipinski definition) is 6. The van der Waals surface area contributed by atoms with Crippen molar-refractivity contribution in [1.29, 1.82) is 0 Å². The number of thiophene rings is 2. The highest BCUT2D eigenvalue weighted by Crippen LogP contribution is 2.38. The Hall–Kier alpha value is -1.22. The van der Waals surface area contributed by atoms with Gasteiger partial charge in [-0.15, -0.1) is 35.1 Å². The third-order valence-corrected chi connectivity index (χ3v) is 10.7. The fourth-order valence-electron chi connectivity index (χ4n) is 6.45. The summed E-state index contributed by atoms with van der Waals surface area (Å²) < 4.78 is 12.8. The van der Waals surface area contributed by atoms with E-state index in [1.54, 1.807) is 22.7 Å². The number of likely N-dealkylation sites (tertiary alicyclic amines) is 1. The molecule has 1 unspecified atom stereocenters. The van der Waals surface area contributed by atoms with Gasteiger partial charge in [-0.1, -0.05) is 51.0 Å². The Labute approximate surface area is 254 Å². The Bertz CT molecular complexity index is 1010. The van der Waals surface area contributed by atoms with E-state index in [2.05, 4.69) is 33.9 Å². The van der Waals surface area contributed by atoms with Gasteiger partial charge >= 0.3 is 5.97 Å². The Morgan fingerprint density at radius 1 is 0.825 bits per heavy atom. The van der Waals surface area contributed by atoms with Crippen LogP contribution in [-0.2, 0) is 27.5 Å².